The first-order valence-electron chi connectivity index (χ1n) is 7.47. The maximum Gasteiger partial charge on any atom is 0.330 e. The summed E-state index contributed by atoms with van der Waals surface area (Å²) >= 11 is 0. The summed E-state index contributed by atoms with van der Waals surface area (Å²) in [5.41, 5.74) is -0.0382. The lowest BCUT2D eigenvalue weighted by Gasteiger charge is -2.27. The fourth-order valence-electron chi connectivity index (χ4n) is 2.96. The van der Waals surface area contributed by atoms with Gasteiger partial charge in [0.1, 0.15) is 17.5 Å². The molecule has 2 aromatic rings. The Kier molecular flexibility index (Phi) is 3.79. The van der Waals surface area contributed by atoms with Crippen LogP contribution in [0.4, 0.5) is 14.6 Å². The van der Waals surface area contributed by atoms with E-state index in [9.17, 15) is 18.4 Å². The topological polar surface area (TPSA) is 66.9 Å². The number of rotatable bonds is 2. The number of aromatic nitrogens is 2. The molecule has 0 bridgehead atoms. The van der Waals surface area contributed by atoms with Gasteiger partial charge in [0.15, 0.2) is 0 Å². The highest BCUT2D eigenvalue weighted by Crippen LogP contribution is 2.30. The van der Waals surface area contributed by atoms with Crippen molar-refractivity contribution >= 4 is 5.82 Å². The molecule has 7 heteroatoms. The lowest BCUT2D eigenvalue weighted by molar-refractivity contribution is 0.522. The molecule has 1 aromatic heterocycles. The smallest absolute Gasteiger partial charge is 0.330 e. The van der Waals surface area contributed by atoms with Gasteiger partial charge < -0.3 is 5.32 Å². The molecule has 2 N–H and O–H groups in total. The Morgan fingerprint density at radius 2 is 2.00 bits per heavy atom. The predicted octanol–water partition coefficient (Wildman–Crippen LogP) is 2.50. The molecule has 5 nitrogen and oxygen atoms in total. The zero-order chi connectivity index (χ0) is 16.7. The molecule has 0 fully saturated rings. The van der Waals surface area contributed by atoms with E-state index in [0.29, 0.717) is 29.8 Å². The van der Waals surface area contributed by atoms with Crippen LogP contribution in [0.3, 0.4) is 0 Å². The third-order valence-corrected chi connectivity index (χ3v) is 4.09. The van der Waals surface area contributed by atoms with Crippen LogP contribution in [0.1, 0.15) is 43.5 Å². The van der Waals surface area contributed by atoms with Gasteiger partial charge in [0, 0.05) is 17.7 Å². The van der Waals surface area contributed by atoms with Crippen LogP contribution >= 0.6 is 0 Å². The normalized spacial score (nSPS) is 17.0. The Bertz CT molecular complexity index is 871. The number of fused-ring (bicyclic) bond motifs is 1. The Hall–Kier alpha value is -2.44. The molecule has 122 valence electrons. The first-order valence-corrected chi connectivity index (χ1v) is 7.47. The zero-order valence-corrected chi connectivity index (χ0v) is 12.8. The van der Waals surface area contributed by atoms with Crippen molar-refractivity contribution in [2.45, 2.75) is 38.8 Å². The van der Waals surface area contributed by atoms with E-state index in [-0.39, 0.29) is 11.6 Å². The number of benzene rings is 1. The van der Waals surface area contributed by atoms with E-state index >= 15 is 0 Å². The quantitative estimate of drug-likeness (QED) is 0.893. The molecule has 0 spiro atoms. The van der Waals surface area contributed by atoms with Gasteiger partial charge in [0.2, 0.25) is 0 Å². The zero-order valence-electron chi connectivity index (χ0n) is 12.8. The van der Waals surface area contributed by atoms with Crippen LogP contribution in [0.25, 0.3) is 0 Å². The van der Waals surface area contributed by atoms with Gasteiger partial charge in [0.25, 0.3) is 5.56 Å². The monoisotopic (exact) mass is 321 g/mol. The number of nitrogens with one attached hydrogen (secondary N) is 2. The van der Waals surface area contributed by atoms with E-state index in [2.05, 4.69) is 10.3 Å². The molecular formula is C16H17F2N3O2. The molecule has 1 atom stereocenters. The number of hydrogen-bond donors (Lipinski definition) is 2. The van der Waals surface area contributed by atoms with Crippen LogP contribution in [0, 0.1) is 11.6 Å². The van der Waals surface area contributed by atoms with Crippen LogP contribution < -0.4 is 16.6 Å². The fourth-order valence-corrected chi connectivity index (χ4v) is 2.96. The molecule has 0 saturated carbocycles. The summed E-state index contributed by atoms with van der Waals surface area (Å²) in [6.45, 7) is 3.52. The standard InChI is InChI=1S/C16H17F2N3O2/c1-8(2)21-15(22)11-5-6-13(19-14(11)20-16(21)23)10-4-3-9(17)7-12(10)18/h3-4,7-8,13,19H,5-6H2,1-2H3,(H,20,23)/t13-/m1/s1. The van der Waals surface area contributed by atoms with E-state index in [1.165, 1.54) is 16.7 Å². The molecule has 0 unspecified atom stereocenters. The highest BCUT2D eigenvalue weighted by atomic mass is 19.1. The highest BCUT2D eigenvalue weighted by molar-refractivity contribution is 5.48. The van der Waals surface area contributed by atoms with E-state index < -0.39 is 23.4 Å². The van der Waals surface area contributed by atoms with Crippen molar-refractivity contribution in [1.29, 1.82) is 0 Å². The van der Waals surface area contributed by atoms with E-state index in [0.717, 1.165) is 6.07 Å². The SMILES string of the molecule is CC(C)n1c(=O)[nH]c2c(c1=O)CC[C@H](c1ccc(F)cc1F)N2. The second kappa shape index (κ2) is 5.64. The Balaban J connectivity index is 2.02. The van der Waals surface area contributed by atoms with Crippen molar-refractivity contribution in [3.63, 3.8) is 0 Å². The van der Waals surface area contributed by atoms with Gasteiger partial charge in [-0.05, 0) is 32.8 Å². The first-order chi connectivity index (χ1) is 10.9. The summed E-state index contributed by atoms with van der Waals surface area (Å²) < 4.78 is 28.1. The van der Waals surface area contributed by atoms with Crippen LogP contribution in [-0.2, 0) is 6.42 Å². The van der Waals surface area contributed by atoms with Gasteiger partial charge >= 0.3 is 5.69 Å². The minimum atomic E-state index is -0.649. The molecule has 2 heterocycles. The number of anilines is 1. The number of aromatic amines is 1. The van der Waals surface area contributed by atoms with Crippen LogP contribution in [-0.4, -0.2) is 9.55 Å². The molecule has 1 aromatic carbocycles. The molecule has 1 aliphatic heterocycles. The Labute approximate surface area is 131 Å². The molecule has 0 amide bonds. The molecule has 0 aliphatic carbocycles. The lowest BCUT2D eigenvalue weighted by Crippen LogP contribution is -2.41. The third-order valence-electron chi connectivity index (χ3n) is 4.09. The third kappa shape index (κ3) is 2.67. The van der Waals surface area contributed by atoms with E-state index in [4.69, 9.17) is 0 Å². The fraction of sp³-hybridized carbons (Fsp3) is 0.375. The largest absolute Gasteiger partial charge is 0.364 e. The van der Waals surface area contributed by atoms with E-state index in [1.54, 1.807) is 13.8 Å². The van der Waals surface area contributed by atoms with Crippen molar-refractivity contribution in [2.24, 2.45) is 0 Å². The number of H-pyrrole nitrogens is 1. The van der Waals surface area contributed by atoms with Gasteiger partial charge in [0.05, 0.1) is 11.6 Å². The maximum absolute atomic E-state index is 13.9. The number of halogens is 2. The van der Waals surface area contributed by atoms with Crippen molar-refractivity contribution in [1.82, 2.24) is 9.55 Å². The minimum absolute atomic E-state index is 0.246. The van der Waals surface area contributed by atoms with Gasteiger partial charge in [-0.25, -0.2) is 13.6 Å². The maximum atomic E-state index is 13.9. The average Bonchev–Trinajstić information content (AvgIpc) is 2.46. The van der Waals surface area contributed by atoms with Crippen LogP contribution in [0.5, 0.6) is 0 Å². The van der Waals surface area contributed by atoms with Crippen molar-refractivity contribution in [2.75, 3.05) is 5.32 Å². The summed E-state index contributed by atoms with van der Waals surface area (Å²) in [7, 11) is 0. The first kappa shape index (κ1) is 15.5. The van der Waals surface area contributed by atoms with Crippen molar-refractivity contribution in [3.05, 3.63) is 61.8 Å². The summed E-state index contributed by atoms with van der Waals surface area (Å²) in [5, 5.41) is 2.99. The van der Waals surface area contributed by atoms with Crippen LogP contribution in [0.15, 0.2) is 27.8 Å². The summed E-state index contributed by atoms with van der Waals surface area (Å²) in [6, 6.07) is 2.72. The summed E-state index contributed by atoms with van der Waals surface area (Å²) in [4.78, 5) is 27.1. The second-order valence-corrected chi connectivity index (χ2v) is 5.95. The molecule has 3 rings (SSSR count). The predicted molar refractivity (Wildman–Crippen MR) is 82.8 cm³/mol. The van der Waals surface area contributed by atoms with Crippen molar-refractivity contribution in [3.8, 4) is 0 Å². The number of nitrogens with zero attached hydrogens (tertiary/aromatic N) is 1. The lowest BCUT2D eigenvalue weighted by atomic mass is 9.95. The Morgan fingerprint density at radius 1 is 1.26 bits per heavy atom. The van der Waals surface area contributed by atoms with Gasteiger partial charge in [-0.3, -0.25) is 14.3 Å². The van der Waals surface area contributed by atoms with Gasteiger partial charge in [-0.2, -0.15) is 0 Å². The molecule has 0 radical (unpaired) electrons. The Morgan fingerprint density at radius 3 is 2.65 bits per heavy atom. The average molecular weight is 321 g/mol. The molecule has 23 heavy (non-hydrogen) atoms. The summed E-state index contributed by atoms with van der Waals surface area (Å²) in [6.07, 6.45) is 0.890. The summed E-state index contributed by atoms with van der Waals surface area (Å²) in [5.74, 6) is -0.976. The molecular weight excluding hydrogens is 304 g/mol. The van der Waals surface area contributed by atoms with Gasteiger partial charge in [-0.15, -0.1) is 0 Å². The van der Waals surface area contributed by atoms with Crippen molar-refractivity contribution < 1.29 is 8.78 Å². The van der Waals surface area contributed by atoms with Crippen LogP contribution in [0.2, 0.25) is 0 Å². The van der Waals surface area contributed by atoms with E-state index in [1.807, 2.05) is 0 Å². The molecule has 0 saturated heterocycles. The second-order valence-electron chi connectivity index (χ2n) is 5.95. The minimum Gasteiger partial charge on any atom is -0.364 e. The molecule has 1 aliphatic rings. The highest BCUT2D eigenvalue weighted by Gasteiger charge is 2.26. The van der Waals surface area contributed by atoms with Gasteiger partial charge in [-0.1, -0.05) is 6.07 Å². The number of hydrogen-bond acceptors (Lipinski definition) is 3.